The first-order chi connectivity index (χ1) is 6.04. The second-order valence-corrected chi connectivity index (χ2v) is 3.65. The number of likely N-dealkylation sites (N-methyl/N-ethyl adjacent to an activating group) is 1. The molecule has 0 heterocycles. The molecule has 0 rings (SSSR count). The van der Waals surface area contributed by atoms with Crippen molar-refractivity contribution in [2.45, 2.75) is 40.5 Å². The molecule has 1 nitrogen and oxygen atoms in total. The van der Waals surface area contributed by atoms with E-state index in [2.05, 4.69) is 52.8 Å². The van der Waals surface area contributed by atoms with Gasteiger partial charge in [-0.1, -0.05) is 25.5 Å². The van der Waals surface area contributed by atoms with Crippen molar-refractivity contribution in [3.63, 3.8) is 0 Å². The summed E-state index contributed by atoms with van der Waals surface area (Å²) >= 11 is 0. The summed E-state index contributed by atoms with van der Waals surface area (Å²) in [5, 5.41) is 0. The van der Waals surface area contributed by atoms with Gasteiger partial charge in [0.1, 0.15) is 0 Å². The van der Waals surface area contributed by atoms with Crippen molar-refractivity contribution < 1.29 is 0 Å². The highest BCUT2D eigenvalue weighted by atomic mass is 15.1. The van der Waals surface area contributed by atoms with Gasteiger partial charge in [0.25, 0.3) is 0 Å². The molecule has 0 unspecified atom stereocenters. The van der Waals surface area contributed by atoms with E-state index < -0.39 is 0 Å². The Morgan fingerprint density at radius 1 is 1.15 bits per heavy atom. The molecule has 0 aliphatic rings. The molecule has 0 bridgehead atoms. The molecule has 0 aromatic rings. The second-order valence-electron chi connectivity index (χ2n) is 3.65. The topological polar surface area (TPSA) is 3.24 Å². The summed E-state index contributed by atoms with van der Waals surface area (Å²) in [5.41, 5.74) is 4.27. The molecule has 76 valence electrons. The van der Waals surface area contributed by atoms with Crippen molar-refractivity contribution in [3.8, 4) is 0 Å². The van der Waals surface area contributed by atoms with Crippen molar-refractivity contribution in [2.75, 3.05) is 14.1 Å². The van der Waals surface area contributed by atoms with Crippen LogP contribution in [0.3, 0.4) is 0 Å². The summed E-state index contributed by atoms with van der Waals surface area (Å²) in [6.45, 7) is 8.80. The number of nitrogens with zero attached hydrogens (tertiary/aromatic N) is 1. The van der Waals surface area contributed by atoms with Gasteiger partial charge in [-0.05, 0) is 32.3 Å². The lowest BCUT2D eigenvalue weighted by Gasteiger charge is -2.19. The number of allylic oxidation sites excluding steroid dienone is 3. The summed E-state index contributed by atoms with van der Waals surface area (Å²) in [6.07, 6.45) is 4.52. The van der Waals surface area contributed by atoms with Crippen molar-refractivity contribution in [3.05, 3.63) is 22.9 Å². The molecule has 0 aliphatic carbocycles. The first-order valence-corrected chi connectivity index (χ1v) is 5.08. The molecule has 0 aromatic carbocycles. The molecule has 0 amide bonds. The van der Waals surface area contributed by atoms with Gasteiger partial charge in [-0.2, -0.15) is 0 Å². The SMILES string of the molecule is CC/C=C(/C(C)=C(\C)CC)N(C)C. The Balaban J connectivity index is 4.87. The second kappa shape index (κ2) is 5.85. The Morgan fingerprint density at radius 2 is 1.69 bits per heavy atom. The number of hydrogen-bond acceptors (Lipinski definition) is 1. The zero-order valence-electron chi connectivity index (χ0n) is 9.94. The molecule has 13 heavy (non-hydrogen) atoms. The lowest BCUT2D eigenvalue weighted by Crippen LogP contribution is -2.12. The fourth-order valence-corrected chi connectivity index (χ4v) is 1.35. The Kier molecular flexibility index (Phi) is 5.52. The van der Waals surface area contributed by atoms with E-state index >= 15 is 0 Å². The Morgan fingerprint density at radius 3 is 2.00 bits per heavy atom. The fraction of sp³-hybridized carbons (Fsp3) is 0.667. The van der Waals surface area contributed by atoms with Gasteiger partial charge in [-0.3, -0.25) is 0 Å². The van der Waals surface area contributed by atoms with Gasteiger partial charge in [0, 0.05) is 19.8 Å². The highest BCUT2D eigenvalue weighted by Gasteiger charge is 2.03. The first-order valence-electron chi connectivity index (χ1n) is 5.08. The van der Waals surface area contributed by atoms with E-state index in [1.165, 1.54) is 16.8 Å². The predicted molar refractivity (Wildman–Crippen MR) is 60.7 cm³/mol. The third-order valence-electron chi connectivity index (χ3n) is 2.43. The molecular formula is C12H23N. The largest absolute Gasteiger partial charge is 0.378 e. The summed E-state index contributed by atoms with van der Waals surface area (Å²) < 4.78 is 0. The molecule has 0 N–H and O–H groups in total. The van der Waals surface area contributed by atoms with Crippen LogP contribution in [0.2, 0.25) is 0 Å². The van der Waals surface area contributed by atoms with Gasteiger partial charge < -0.3 is 4.90 Å². The van der Waals surface area contributed by atoms with E-state index in [0.717, 1.165) is 12.8 Å². The van der Waals surface area contributed by atoms with Crippen LogP contribution in [0.5, 0.6) is 0 Å². The lowest BCUT2D eigenvalue weighted by molar-refractivity contribution is 0.517. The van der Waals surface area contributed by atoms with Crippen molar-refractivity contribution in [2.24, 2.45) is 0 Å². The minimum atomic E-state index is 1.10. The smallest absolute Gasteiger partial charge is 0.0349 e. The number of hydrogen-bond donors (Lipinski definition) is 0. The van der Waals surface area contributed by atoms with Crippen molar-refractivity contribution in [1.29, 1.82) is 0 Å². The Bertz CT molecular complexity index is 209. The molecule has 0 aromatic heterocycles. The quantitative estimate of drug-likeness (QED) is 0.599. The average Bonchev–Trinajstić information content (AvgIpc) is 2.11. The maximum atomic E-state index is 2.29. The zero-order chi connectivity index (χ0) is 10.4. The summed E-state index contributed by atoms with van der Waals surface area (Å²) in [6, 6.07) is 0. The van der Waals surface area contributed by atoms with Crippen LogP contribution < -0.4 is 0 Å². The normalized spacial score (nSPS) is 14.2. The van der Waals surface area contributed by atoms with Crippen LogP contribution in [0.25, 0.3) is 0 Å². The van der Waals surface area contributed by atoms with Crippen LogP contribution in [-0.2, 0) is 0 Å². The van der Waals surface area contributed by atoms with Crippen LogP contribution >= 0.6 is 0 Å². The maximum absolute atomic E-state index is 2.29. The van der Waals surface area contributed by atoms with Gasteiger partial charge in [0.2, 0.25) is 0 Å². The van der Waals surface area contributed by atoms with Crippen LogP contribution in [0.4, 0.5) is 0 Å². The predicted octanol–water partition coefficient (Wildman–Crippen LogP) is 3.59. The average molecular weight is 181 g/mol. The van der Waals surface area contributed by atoms with Crippen molar-refractivity contribution >= 4 is 0 Å². The standard InChI is InChI=1S/C12H23N/c1-7-9-12(13(5)6)11(4)10(3)8-2/h9H,7-8H2,1-6H3/b11-10+,12-9-. The first kappa shape index (κ1) is 12.3. The molecule has 0 saturated heterocycles. The zero-order valence-corrected chi connectivity index (χ0v) is 9.94. The maximum Gasteiger partial charge on any atom is 0.0349 e. The van der Waals surface area contributed by atoms with E-state index in [-0.39, 0.29) is 0 Å². The fourth-order valence-electron chi connectivity index (χ4n) is 1.35. The Labute approximate surface area is 83.1 Å². The van der Waals surface area contributed by atoms with Gasteiger partial charge >= 0.3 is 0 Å². The summed E-state index contributed by atoms with van der Waals surface area (Å²) in [5.74, 6) is 0. The van der Waals surface area contributed by atoms with Gasteiger partial charge in [-0.25, -0.2) is 0 Å². The van der Waals surface area contributed by atoms with E-state index in [1.807, 2.05) is 0 Å². The van der Waals surface area contributed by atoms with Crippen LogP contribution in [0.1, 0.15) is 40.5 Å². The number of rotatable bonds is 4. The molecule has 0 spiro atoms. The molecule has 1 heteroatoms. The molecule has 0 radical (unpaired) electrons. The van der Waals surface area contributed by atoms with Crippen LogP contribution in [-0.4, -0.2) is 19.0 Å². The van der Waals surface area contributed by atoms with Gasteiger partial charge in [0.15, 0.2) is 0 Å². The monoisotopic (exact) mass is 181 g/mol. The molecule has 0 aliphatic heterocycles. The Hall–Kier alpha value is -0.720. The van der Waals surface area contributed by atoms with Crippen LogP contribution in [0, 0.1) is 0 Å². The van der Waals surface area contributed by atoms with Gasteiger partial charge in [-0.15, -0.1) is 0 Å². The molecule has 0 atom stereocenters. The molecular weight excluding hydrogens is 158 g/mol. The van der Waals surface area contributed by atoms with Gasteiger partial charge in [0.05, 0.1) is 0 Å². The van der Waals surface area contributed by atoms with Crippen LogP contribution in [0.15, 0.2) is 22.9 Å². The van der Waals surface area contributed by atoms with E-state index in [4.69, 9.17) is 0 Å². The minimum absolute atomic E-state index is 1.10. The third-order valence-corrected chi connectivity index (χ3v) is 2.43. The summed E-state index contributed by atoms with van der Waals surface area (Å²) in [4.78, 5) is 2.19. The third kappa shape index (κ3) is 3.67. The van der Waals surface area contributed by atoms with E-state index in [1.54, 1.807) is 0 Å². The lowest BCUT2D eigenvalue weighted by atomic mass is 10.0. The van der Waals surface area contributed by atoms with E-state index in [9.17, 15) is 0 Å². The van der Waals surface area contributed by atoms with E-state index in [0.29, 0.717) is 0 Å². The highest BCUT2D eigenvalue weighted by molar-refractivity contribution is 5.31. The molecule has 0 fully saturated rings. The molecule has 0 saturated carbocycles. The summed E-state index contributed by atoms with van der Waals surface area (Å²) in [7, 11) is 4.21. The minimum Gasteiger partial charge on any atom is -0.378 e. The highest BCUT2D eigenvalue weighted by Crippen LogP contribution is 2.18. The van der Waals surface area contributed by atoms with Crippen molar-refractivity contribution in [1.82, 2.24) is 4.90 Å².